The fourth-order valence-corrected chi connectivity index (χ4v) is 2.39. The Bertz CT molecular complexity index is 388. The highest BCUT2D eigenvalue weighted by atomic mass is 79.9. The van der Waals surface area contributed by atoms with Crippen molar-refractivity contribution in [1.82, 2.24) is 0 Å². The Morgan fingerprint density at radius 2 is 1.94 bits per heavy atom. The van der Waals surface area contributed by atoms with Crippen LogP contribution in [0, 0.1) is 5.82 Å². The minimum Gasteiger partial charge on any atom is -0.206 e. The van der Waals surface area contributed by atoms with E-state index in [0.29, 0.717) is 4.47 Å². The second-order valence-corrected chi connectivity index (χ2v) is 5.23. The molecule has 0 N–H and O–H groups in total. The fraction of sp³-hybridized carbons (Fsp3) is 0.429. The molecule has 16 heavy (non-hydrogen) atoms. The van der Waals surface area contributed by atoms with Crippen LogP contribution in [0.1, 0.15) is 37.7 Å². The van der Waals surface area contributed by atoms with Gasteiger partial charge >= 0.3 is 0 Å². The van der Waals surface area contributed by atoms with E-state index in [1.807, 2.05) is 6.07 Å². The van der Waals surface area contributed by atoms with Gasteiger partial charge in [0.05, 0.1) is 4.47 Å². The molecule has 1 aromatic rings. The molecule has 0 amide bonds. The van der Waals surface area contributed by atoms with Crippen LogP contribution in [0.15, 0.2) is 34.3 Å². The molecule has 0 aromatic heterocycles. The molecule has 0 aliphatic heterocycles. The molecule has 0 nitrogen and oxygen atoms in total. The van der Waals surface area contributed by atoms with E-state index < -0.39 is 0 Å². The summed E-state index contributed by atoms with van der Waals surface area (Å²) in [5.41, 5.74) is 2.60. The summed E-state index contributed by atoms with van der Waals surface area (Å²) in [7, 11) is 0. The van der Waals surface area contributed by atoms with Crippen molar-refractivity contribution in [3.05, 3.63) is 45.7 Å². The summed E-state index contributed by atoms with van der Waals surface area (Å²) >= 11 is 3.17. The van der Waals surface area contributed by atoms with Crippen LogP contribution in [-0.2, 0) is 6.42 Å². The molecule has 0 spiro atoms. The molecule has 0 saturated heterocycles. The van der Waals surface area contributed by atoms with E-state index in [0.717, 1.165) is 12.0 Å². The zero-order chi connectivity index (χ0) is 11.4. The second kappa shape index (κ2) is 5.62. The highest BCUT2D eigenvalue weighted by Gasteiger charge is 2.05. The van der Waals surface area contributed by atoms with Gasteiger partial charge < -0.3 is 0 Å². The summed E-state index contributed by atoms with van der Waals surface area (Å²) in [6, 6.07) is 5.38. The Morgan fingerprint density at radius 3 is 2.62 bits per heavy atom. The summed E-state index contributed by atoms with van der Waals surface area (Å²) in [4.78, 5) is 0. The Balaban J connectivity index is 2.00. The van der Waals surface area contributed by atoms with Crippen molar-refractivity contribution in [2.24, 2.45) is 0 Å². The maximum absolute atomic E-state index is 13.3. The first-order valence-corrected chi connectivity index (χ1v) is 6.67. The molecule has 1 fully saturated rings. The predicted octanol–water partition coefficient (Wildman–Crippen LogP) is 5.02. The molecule has 2 heteroatoms. The van der Waals surface area contributed by atoms with Gasteiger partial charge in [0.25, 0.3) is 0 Å². The third kappa shape index (κ3) is 3.18. The molecule has 0 heterocycles. The average Bonchev–Trinajstić information content (AvgIpc) is 2.32. The molecule has 0 unspecified atom stereocenters. The van der Waals surface area contributed by atoms with E-state index in [1.165, 1.54) is 32.1 Å². The Morgan fingerprint density at radius 1 is 1.19 bits per heavy atom. The molecule has 1 aliphatic carbocycles. The van der Waals surface area contributed by atoms with Crippen molar-refractivity contribution in [3.8, 4) is 0 Å². The van der Waals surface area contributed by atoms with E-state index in [-0.39, 0.29) is 5.82 Å². The van der Waals surface area contributed by atoms with Crippen molar-refractivity contribution >= 4 is 15.9 Å². The van der Waals surface area contributed by atoms with Crippen LogP contribution in [0.5, 0.6) is 0 Å². The number of hydrogen-bond acceptors (Lipinski definition) is 0. The maximum Gasteiger partial charge on any atom is 0.137 e. The van der Waals surface area contributed by atoms with E-state index >= 15 is 0 Å². The SMILES string of the molecule is Fc1cc(CC=C2CCCCC2)ccc1Br. The van der Waals surface area contributed by atoms with Crippen LogP contribution < -0.4 is 0 Å². The van der Waals surface area contributed by atoms with Crippen molar-refractivity contribution < 1.29 is 4.39 Å². The van der Waals surface area contributed by atoms with Gasteiger partial charge in [-0.3, -0.25) is 0 Å². The number of hydrogen-bond donors (Lipinski definition) is 0. The van der Waals surface area contributed by atoms with E-state index in [9.17, 15) is 4.39 Å². The Kier molecular flexibility index (Phi) is 4.16. The molecule has 86 valence electrons. The molecule has 1 aliphatic rings. The van der Waals surface area contributed by atoms with Crippen molar-refractivity contribution in [2.45, 2.75) is 38.5 Å². The first-order chi connectivity index (χ1) is 7.75. The lowest BCUT2D eigenvalue weighted by Crippen LogP contribution is -1.94. The second-order valence-electron chi connectivity index (χ2n) is 4.38. The summed E-state index contributed by atoms with van der Waals surface area (Å²) in [5.74, 6) is -0.167. The maximum atomic E-state index is 13.3. The highest BCUT2D eigenvalue weighted by Crippen LogP contribution is 2.23. The molecule has 0 radical (unpaired) electrons. The Hall–Kier alpha value is -0.630. The van der Waals surface area contributed by atoms with Gasteiger partial charge in [0.15, 0.2) is 0 Å². The quantitative estimate of drug-likeness (QED) is 0.668. The largest absolute Gasteiger partial charge is 0.206 e. The van der Waals surface area contributed by atoms with Crippen LogP contribution in [0.4, 0.5) is 4.39 Å². The van der Waals surface area contributed by atoms with Gasteiger partial charge in [-0.1, -0.05) is 24.1 Å². The van der Waals surface area contributed by atoms with Crippen LogP contribution in [0.3, 0.4) is 0 Å². The number of benzene rings is 1. The molecular weight excluding hydrogens is 267 g/mol. The average molecular weight is 283 g/mol. The van der Waals surface area contributed by atoms with Gasteiger partial charge in [-0.15, -0.1) is 0 Å². The van der Waals surface area contributed by atoms with Gasteiger partial charge in [0.2, 0.25) is 0 Å². The number of halogens is 2. The fourth-order valence-electron chi connectivity index (χ4n) is 2.14. The normalized spacial score (nSPS) is 16.2. The van der Waals surface area contributed by atoms with Gasteiger partial charge in [0, 0.05) is 0 Å². The lowest BCUT2D eigenvalue weighted by molar-refractivity contribution is 0.596. The smallest absolute Gasteiger partial charge is 0.137 e. The zero-order valence-corrected chi connectivity index (χ0v) is 10.9. The van der Waals surface area contributed by atoms with Crippen molar-refractivity contribution in [2.75, 3.05) is 0 Å². The van der Waals surface area contributed by atoms with Crippen LogP contribution in [0.2, 0.25) is 0 Å². The van der Waals surface area contributed by atoms with Crippen molar-refractivity contribution in [3.63, 3.8) is 0 Å². The third-order valence-corrected chi connectivity index (χ3v) is 3.75. The van der Waals surface area contributed by atoms with Gasteiger partial charge in [0.1, 0.15) is 5.82 Å². The van der Waals surface area contributed by atoms with Gasteiger partial charge in [-0.05, 0) is 65.7 Å². The molecule has 1 saturated carbocycles. The molecule has 0 atom stereocenters. The molecule has 2 rings (SSSR count). The lowest BCUT2D eigenvalue weighted by Gasteiger charge is -2.13. The molecule has 1 aromatic carbocycles. The van der Waals surface area contributed by atoms with Crippen LogP contribution in [-0.4, -0.2) is 0 Å². The summed E-state index contributed by atoms with van der Waals surface area (Å²) < 4.78 is 13.8. The van der Waals surface area contributed by atoms with Crippen molar-refractivity contribution in [1.29, 1.82) is 0 Å². The third-order valence-electron chi connectivity index (χ3n) is 3.11. The van der Waals surface area contributed by atoms with E-state index in [2.05, 4.69) is 22.0 Å². The summed E-state index contributed by atoms with van der Waals surface area (Å²) in [6.07, 6.45) is 9.62. The number of rotatable bonds is 2. The molecular formula is C14H16BrF. The summed E-state index contributed by atoms with van der Waals surface area (Å²) in [6.45, 7) is 0. The topological polar surface area (TPSA) is 0 Å². The first-order valence-electron chi connectivity index (χ1n) is 5.87. The minimum atomic E-state index is -0.167. The Labute approximate surface area is 105 Å². The number of allylic oxidation sites excluding steroid dienone is 2. The van der Waals surface area contributed by atoms with Gasteiger partial charge in [-0.25, -0.2) is 4.39 Å². The van der Waals surface area contributed by atoms with E-state index in [1.54, 1.807) is 17.7 Å². The monoisotopic (exact) mass is 282 g/mol. The van der Waals surface area contributed by atoms with E-state index in [4.69, 9.17) is 0 Å². The van der Waals surface area contributed by atoms with Crippen LogP contribution in [0.25, 0.3) is 0 Å². The lowest BCUT2D eigenvalue weighted by atomic mass is 9.93. The highest BCUT2D eigenvalue weighted by molar-refractivity contribution is 9.10. The zero-order valence-electron chi connectivity index (χ0n) is 9.31. The standard InChI is InChI=1S/C14H16BrF/c15-13-9-8-12(10-14(13)16)7-6-11-4-2-1-3-5-11/h6,8-10H,1-5,7H2. The minimum absolute atomic E-state index is 0.167. The summed E-state index contributed by atoms with van der Waals surface area (Å²) in [5, 5.41) is 0. The molecule has 0 bridgehead atoms. The van der Waals surface area contributed by atoms with Gasteiger partial charge in [-0.2, -0.15) is 0 Å². The predicted molar refractivity (Wildman–Crippen MR) is 69.0 cm³/mol. The first kappa shape index (κ1) is 11.8. The van der Waals surface area contributed by atoms with Crippen LogP contribution >= 0.6 is 15.9 Å².